The summed E-state index contributed by atoms with van der Waals surface area (Å²) < 4.78 is 0. The highest BCUT2D eigenvalue weighted by Gasteiger charge is 2.20. The molecule has 0 atom stereocenters. The highest BCUT2D eigenvalue weighted by atomic mass is 32.1. The van der Waals surface area contributed by atoms with E-state index in [0.717, 1.165) is 16.9 Å². The lowest BCUT2D eigenvalue weighted by molar-refractivity contribution is 0.0685. The molecule has 1 aromatic carbocycles. The van der Waals surface area contributed by atoms with Crippen molar-refractivity contribution in [1.29, 1.82) is 0 Å². The van der Waals surface area contributed by atoms with Crippen LogP contribution in [0.5, 0.6) is 5.75 Å². The van der Waals surface area contributed by atoms with Crippen molar-refractivity contribution in [3.8, 4) is 16.3 Å². The zero-order valence-corrected chi connectivity index (χ0v) is 12.7. The first-order valence-corrected chi connectivity index (χ1v) is 7.35. The molecule has 1 amide bonds. The van der Waals surface area contributed by atoms with Gasteiger partial charge < -0.3 is 10.2 Å². The molecule has 3 aromatic rings. The monoisotopic (exact) mass is 343 g/mol. The van der Waals surface area contributed by atoms with Gasteiger partial charge in [0.15, 0.2) is 11.4 Å². The molecule has 0 saturated heterocycles. The number of aromatic nitrogens is 4. The molecule has 24 heavy (non-hydrogen) atoms. The first-order chi connectivity index (χ1) is 11.5. The van der Waals surface area contributed by atoms with Crippen LogP contribution < -0.4 is 5.32 Å². The molecule has 0 unspecified atom stereocenters. The lowest BCUT2D eigenvalue weighted by Gasteiger charge is -2.02. The number of aromatic hydroxyl groups is 1. The fourth-order valence-corrected chi connectivity index (χ4v) is 2.56. The number of rotatable bonds is 4. The Bertz CT molecular complexity index is 910. The Morgan fingerprint density at radius 3 is 2.33 bits per heavy atom. The van der Waals surface area contributed by atoms with Crippen LogP contribution in [0.4, 0.5) is 5.13 Å². The van der Waals surface area contributed by atoms with E-state index in [1.165, 1.54) is 24.5 Å². The van der Waals surface area contributed by atoms with E-state index in [4.69, 9.17) is 5.11 Å². The number of carbonyl (C=O) groups is 2. The summed E-state index contributed by atoms with van der Waals surface area (Å²) in [5.74, 6) is -1.97. The Morgan fingerprint density at radius 1 is 1.00 bits per heavy atom. The van der Waals surface area contributed by atoms with Crippen molar-refractivity contribution in [2.24, 2.45) is 0 Å². The number of nitrogens with zero attached hydrogens (tertiary/aromatic N) is 4. The van der Waals surface area contributed by atoms with Gasteiger partial charge in [-0.25, -0.2) is 14.8 Å². The first kappa shape index (κ1) is 15.5. The second kappa shape index (κ2) is 6.38. The van der Waals surface area contributed by atoms with Gasteiger partial charge in [0, 0.05) is 18.0 Å². The van der Waals surface area contributed by atoms with Crippen LogP contribution in [0.25, 0.3) is 10.6 Å². The highest BCUT2D eigenvalue weighted by molar-refractivity contribution is 7.18. The standard InChI is InChI=1S/C14H9N5O4S/c20-8-3-1-7(2-4-8)12-18-19-14(24-12)17-11(21)9-10(13(22)23)16-6-5-15-9/h1-6,20H,(H,22,23)(H,17,19,21). The molecule has 0 saturated carbocycles. The number of hydrogen-bond acceptors (Lipinski definition) is 8. The van der Waals surface area contributed by atoms with Crippen molar-refractivity contribution in [2.75, 3.05) is 5.32 Å². The van der Waals surface area contributed by atoms with Gasteiger partial charge in [-0.05, 0) is 24.3 Å². The van der Waals surface area contributed by atoms with E-state index in [1.807, 2.05) is 0 Å². The van der Waals surface area contributed by atoms with Crippen LogP contribution in [0.3, 0.4) is 0 Å². The van der Waals surface area contributed by atoms with Gasteiger partial charge >= 0.3 is 5.97 Å². The normalized spacial score (nSPS) is 10.3. The van der Waals surface area contributed by atoms with Gasteiger partial charge in [0.25, 0.3) is 5.91 Å². The van der Waals surface area contributed by atoms with Gasteiger partial charge in [-0.1, -0.05) is 11.3 Å². The van der Waals surface area contributed by atoms with Crippen molar-refractivity contribution in [3.05, 3.63) is 48.0 Å². The Hall–Kier alpha value is -3.40. The van der Waals surface area contributed by atoms with Crippen LogP contribution in [0.1, 0.15) is 21.0 Å². The Morgan fingerprint density at radius 2 is 1.67 bits per heavy atom. The topological polar surface area (TPSA) is 138 Å². The van der Waals surface area contributed by atoms with E-state index in [2.05, 4.69) is 25.5 Å². The summed E-state index contributed by atoms with van der Waals surface area (Å²) in [5, 5.41) is 29.2. The fourth-order valence-electron chi connectivity index (χ4n) is 1.81. The molecule has 10 heteroatoms. The van der Waals surface area contributed by atoms with Crippen LogP contribution in [0.15, 0.2) is 36.7 Å². The van der Waals surface area contributed by atoms with E-state index in [0.29, 0.717) is 5.01 Å². The third-order valence-electron chi connectivity index (χ3n) is 2.88. The number of phenols is 1. The SMILES string of the molecule is O=C(O)c1nccnc1C(=O)Nc1nnc(-c2ccc(O)cc2)s1. The molecule has 3 N–H and O–H groups in total. The molecule has 0 radical (unpaired) electrons. The zero-order valence-electron chi connectivity index (χ0n) is 11.9. The quantitative estimate of drug-likeness (QED) is 0.650. The Kier molecular flexibility index (Phi) is 4.12. The Labute approximate surface area is 138 Å². The van der Waals surface area contributed by atoms with E-state index in [-0.39, 0.29) is 16.6 Å². The van der Waals surface area contributed by atoms with Crippen LogP contribution in [0, 0.1) is 0 Å². The molecule has 0 aliphatic heterocycles. The molecule has 3 rings (SSSR count). The third-order valence-corrected chi connectivity index (χ3v) is 3.76. The average Bonchev–Trinajstić information content (AvgIpc) is 3.04. The number of hydrogen-bond donors (Lipinski definition) is 3. The van der Waals surface area contributed by atoms with Crippen molar-refractivity contribution >= 4 is 28.3 Å². The first-order valence-electron chi connectivity index (χ1n) is 6.53. The van der Waals surface area contributed by atoms with Crippen LogP contribution >= 0.6 is 11.3 Å². The largest absolute Gasteiger partial charge is 0.508 e. The number of aromatic carboxylic acids is 1. The zero-order chi connectivity index (χ0) is 17.1. The fraction of sp³-hybridized carbons (Fsp3) is 0. The molecule has 0 fully saturated rings. The summed E-state index contributed by atoms with van der Waals surface area (Å²) in [7, 11) is 0. The summed E-state index contributed by atoms with van der Waals surface area (Å²) in [5.41, 5.74) is -0.0406. The van der Waals surface area contributed by atoms with Gasteiger partial charge in [0.1, 0.15) is 10.8 Å². The maximum Gasteiger partial charge on any atom is 0.356 e. The number of carboxylic acids is 1. The molecule has 2 heterocycles. The predicted octanol–water partition coefficient (Wildman–Crippen LogP) is 1.65. The minimum atomic E-state index is -1.35. The van der Waals surface area contributed by atoms with Crippen LogP contribution in [0.2, 0.25) is 0 Å². The van der Waals surface area contributed by atoms with Gasteiger partial charge in [-0.15, -0.1) is 10.2 Å². The minimum absolute atomic E-state index is 0.126. The number of benzene rings is 1. The molecule has 0 aliphatic rings. The Balaban J connectivity index is 1.81. The molecule has 0 aliphatic carbocycles. The molecular formula is C14H9N5O4S. The summed E-state index contributed by atoms with van der Waals surface area (Å²) in [6.07, 6.45) is 2.41. The second-order valence-corrected chi connectivity index (χ2v) is 5.45. The number of carbonyl (C=O) groups excluding carboxylic acids is 1. The summed E-state index contributed by atoms with van der Waals surface area (Å²) in [6.45, 7) is 0. The maximum atomic E-state index is 12.2. The predicted molar refractivity (Wildman–Crippen MR) is 84.0 cm³/mol. The molecular weight excluding hydrogens is 334 g/mol. The maximum absolute atomic E-state index is 12.2. The van der Waals surface area contributed by atoms with E-state index in [1.54, 1.807) is 12.1 Å². The number of nitrogens with one attached hydrogen (secondary N) is 1. The number of phenolic OH excluding ortho intramolecular Hbond substituents is 1. The van der Waals surface area contributed by atoms with E-state index >= 15 is 0 Å². The van der Waals surface area contributed by atoms with Gasteiger partial charge in [0.05, 0.1) is 0 Å². The molecule has 120 valence electrons. The summed E-state index contributed by atoms with van der Waals surface area (Å²) in [6, 6.07) is 6.33. The molecule has 0 bridgehead atoms. The average molecular weight is 343 g/mol. The summed E-state index contributed by atoms with van der Waals surface area (Å²) in [4.78, 5) is 30.6. The smallest absolute Gasteiger partial charge is 0.356 e. The third kappa shape index (κ3) is 3.17. The highest BCUT2D eigenvalue weighted by Crippen LogP contribution is 2.27. The number of carboxylic acid groups (broad SMARTS) is 1. The lowest BCUT2D eigenvalue weighted by atomic mass is 10.2. The second-order valence-electron chi connectivity index (χ2n) is 4.47. The molecule has 2 aromatic heterocycles. The van der Waals surface area contributed by atoms with Gasteiger partial charge in [-0.2, -0.15) is 0 Å². The molecule has 9 nitrogen and oxygen atoms in total. The van der Waals surface area contributed by atoms with Crippen molar-refractivity contribution in [3.63, 3.8) is 0 Å². The van der Waals surface area contributed by atoms with E-state index in [9.17, 15) is 14.7 Å². The van der Waals surface area contributed by atoms with Gasteiger partial charge in [-0.3, -0.25) is 10.1 Å². The van der Waals surface area contributed by atoms with Gasteiger partial charge in [0.2, 0.25) is 5.13 Å². The van der Waals surface area contributed by atoms with E-state index < -0.39 is 17.6 Å². The minimum Gasteiger partial charge on any atom is -0.508 e. The summed E-state index contributed by atoms with van der Waals surface area (Å²) >= 11 is 1.10. The van der Waals surface area contributed by atoms with Crippen molar-refractivity contribution < 1.29 is 19.8 Å². The van der Waals surface area contributed by atoms with Crippen LogP contribution in [-0.4, -0.2) is 42.3 Å². The van der Waals surface area contributed by atoms with Crippen molar-refractivity contribution in [2.45, 2.75) is 0 Å². The number of anilines is 1. The molecule has 0 spiro atoms. The van der Waals surface area contributed by atoms with Crippen LogP contribution in [-0.2, 0) is 0 Å². The number of amides is 1. The van der Waals surface area contributed by atoms with Crippen molar-refractivity contribution in [1.82, 2.24) is 20.2 Å². The lowest BCUT2D eigenvalue weighted by Crippen LogP contribution is -2.19.